The van der Waals surface area contributed by atoms with Crippen molar-refractivity contribution >= 4 is 17.7 Å². The smallest absolute Gasteiger partial charge is 0.321 e. The Balaban J connectivity index is 1.98. The van der Waals surface area contributed by atoms with E-state index in [0.717, 1.165) is 29.8 Å². The van der Waals surface area contributed by atoms with E-state index in [2.05, 4.69) is 15.3 Å². The second kappa shape index (κ2) is 5.88. The second-order valence-electron chi connectivity index (χ2n) is 4.94. The summed E-state index contributed by atoms with van der Waals surface area (Å²) < 4.78 is 0. The lowest BCUT2D eigenvalue weighted by Crippen LogP contribution is -2.40. The first-order valence-corrected chi connectivity index (χ1v) is 7.39. The second-order valence-corrected chi connectivity index (χ2v) is 5.93. The molecular formula is C13H19N3O2S. The molecule has 2 N–H and O–H groups in total. The number of aryl methyl sites for hydroxylation is 2. The Morgan fingerprint density at radius 3 is 2.42 bits per heavy atom. The van der Waals surface area contributed by atoms with Gasteiger partial charge in [-0.15, -0.1) is 0 Å². The van der Waals surface area contributed by atoms with Gasteiger partial charge >= 0.3 is 5.97 Å². The number of carboxylic acid groups (broad SMARTS) is 1. The first kappa shape index (κ1) is 14.3. The third-order valence-electron chi connectivity index (χ3n) is 3.30. The van der Waals surface area contributed by atoms with Crippen molar-refractivity contribution in [2.24, 2.45) is 0 Å². The molecule has 1 unspecified atom stereocenters. The Morgan fingerprint density at radius 1 is 1.37 bits per heavy atom. The summed E-state index contributed by atoms with van der Waals surface area (Å²) in [5.41, 5.74) is 3.00. The van der Waals surface area contributed by atoms with Gasteiger partial charge in [-0.3, -0.25) is 4.79 Å². The number of nitrogens with one attached hydrogen (secondary N) is 1. The fourth-order valence-electron chi connectivity index (χ4n) is 1.69. The normalized spacial score (nSPS) is 16.4. The maximum atomic E-state index is 11.2. The average Bonchev–Trinajstić information content (AvgIpc) is 3.14. The summed E-state index contributed by atoms with van der Waals surface area (Å²) in [5, 5.41) is 12.9. The minimum Gasteiger partial charge on any atom is -0.480 e. The molecule has 104 valence electrons. The topological polar surface area (TPSA) is 75.1 Å². The molecule has 1 fully saturated rings. The molecule has 5 nitrogen and oxygen atoms in total. The highest BCUT2D eigenvalue weighted by molar-refractivity contribution is 7.99. The molecule has 6 heteroatoms. The number of aliphatic carboxylic acids is 1. The van der Waals surface area contributed by atoms with Gasteiger partial charge in [0.05, 0.1) is 0 Å². The maximum Gasteiger partial charge on any atom is 0.321 e. The molecule has 0 radical (unpaired) electrons. The minimum absolute atomic E-state index is 0.379. The largest absolute Gasteiger partial charge is 0.480 e. The van der Waals surface area contributed by atoms with E-state index in [4.69, 9.17) is 5.11 Å². The zero-order valence-electron chi connectivity index (χ0n) is 11.4. The lowest BCUT2D eigenvalue weighted by molar-refractivity contribution is -0.138. The van der Waals surface area contributed by atoms with Crippen LogP contribution in [0.5, 0.6) is 0 Å². The molecule has 19 heavy (non-hydrogen) atoms. The first-order valence-electron chi connectivity index (χ1n) is 6.41. The third kappa shape index (κ3) is 3.91. The molecule has 0 saturated heterocycles. The van der Waals surface area contributed by atoms with E-state index in [1.165, 1.54) is 11.8 Å². The molecule has 1 atom stereocenters. The first-order chi connectivity index (χ1) is 8.97. The number of aromatic nitrogens is 2. The van der Waals surface area contributed by atoms with Crippen molar-refractivity contribution in [1.29, 1.82) is 0 Å². The molecule has 0 aliphatic heterocycles. The van der Waals surface area contributed by atoms with Gasteiger partial charge in [-0.1, -0.05) is 11.8 Å². The lowest BCUT2D eigenvalue weighted by Gasteiger charge is -2.13. The molecule has 1 aromatic rings. The Hall–Kier alpha value is -1.14. The van der Waals surface area contributed by atoms with Crippen LogP contribution in [0.2, 0.25) is 0 Å². The van der Waals surface area contributed by atoms with Gasteiger partial charge in [-0.2, -0.15) is 0 Å². The summed E-state index contributed by atoms with van der Waals surface area (Å²) in [6.07, 6.45) is 2.15. The van der Waals surface area contributed by atoms with Crippen LogP contribution in [0, 0.1) is 20.8 Å². The standard InChI is InChI=1S/C13H19N3O2S/c1-7-8(2)14-13(15-9(7)3)19-6-11(12(17)18)16-10-4-5-10/h10-11,16H,4-6H2,1-3H3,(H,17,18). The Bertz CT molecular complexity index is 466. The molecule has 2 rings (SSSR count). The van der Waals surface area contributed by atoms with E-state index in [1.54, 1.807) is 0 Å². The van der Waals surface area contributed by atoms with Crippen LogP contribution < -0.4 is 5.32 Å². The van der Waals surface area contributed by atoms with Crippen molar-refractivity contribution in [3.05, 3.63) is 17.0 Å². The fraction of sp³-hybridized carbons (Fsp3) is 0.615. The van der Waals surface area contributed by atoms with E-state index in [9.17, 15) is 4.79 Å². The van der Waals surface area contributed by atoms with Crippen molar-refractivity contribution in [1.82, 2.24) is 15.3 Å². The van der Waals surface area contributed by atoms with Crippen LogP contribution in [0.25, 0.3) is 0 Å². The van der Waals surface area contributed by atoms with Crippen LogP contribution in [0.1, 0.15) is 29.8 Å². The minimum atomic E-state index is -0.806. The average molecular weight is 281 g/mol. The Labute approximate surface area is 117 Å². The molecule has 0 amide bonds. The third-order valence-corrected chi connectivity index (χ3v) is 4.24. The predicted octanol–water partition coefficient (Wildman–Crippen LogP) is 1.70. The van der Waals surface area contributed by atoms with Gasteiger partial charge in [-0.05, 0) is 39.2 Å². The van der Waals surface area contributed by atoms with Crippen LogP contribution in [-0.4, -0.2) is 38.9 Å². The highest BCUT2D eigenvalue weighted by atomic mass is 32.2. The van der Waals surface area contributed by atoms with Gasteiger partial charge < -0.3 is 10.4 Å². The van der Waals surface area contributed by atoms with Gasteiger partial charge in [0.25, 0.3) is 0 Å². The van der Waals surface area contributed by atoms with Crippen molar-refractivity contribution < 1.29 is 9.90 Å². The molecule has 1 saturated carbocycles. The van der Waals surface area contributed by atoms with Gasteiger partial charge in [-0.25, -0.2) is 9.97 Å². The van der Waals surface area contributed by atoms with Crippen LogP contribution in [-0.2, 0) is 4.79 Å². The van der Waals surface area contributed by atoms with Gasteiger partial charge in [0.2, 0.25) is 0 Å². The fourth-order valence-corrected chi connectivity index (χ4v) is 2.65. The molecule has 1 aliphatic carbocycles. The molecule has 1 aliphatic rings. The number of carboxylic acids is 1. The summed E-state index contributed by atoms with van der Waals surface area (Å²) in [7, 11) is 0. The van der Waals surface area contributed by atoms with Crippen LogP contribution in [0.15, 0.2) is 5.16 Å². The van der Waals surface area contributed by atoms with E-state index < -0.39 is 12.0 Å². The van der Waals surface area contributed by atoms with E-state index in [1.807, 2.05) is 20.8 Å². The summed E-state index contributed by atoms with van der Waals surface area (Å²) in [5.74, 6) is -0.353. The lowest BCUT2D eigenvalue weighted by atomic mass is 10.2. The predicted molar refractivity (Wildman–Crippen MR) is 74.5 cm³/mol. The quantitative estimate of drug-likeness (QED) is 0.610. The van der Waals surface area contributed by atoms with Crippen LogP contribution in [0.4, 0.5) is 0 Å². The highest BCUT2D eigenvalue weighted by Gasteiger charge is 2.28. The molecule has 1 aromatic heterocycles. The number of rotatable bonds is 6. The van der Waals surface area contributed by atoms with Crippen LogP contribution >= 0.6 is 11.8 Å². The number of thioether (sulfide) groups is 1. The van der Waals surface area contributed by atoms with E-state index in [-0.39, 0.29) is 0 Å². The van der Waals surface area contributed by atoms with E-state index >= 15 is 0 Å². The molecular weight excluding hydrogens is 262 g/mol. The zero-order chi connectivity index (χ0) is 14.0. The monoisotopic (exact) mass is 281 g/mol. The van der Waals surface area contributed by atoms with Gasteiger partial charge in [0, 0.05) is 23.2 Å². The highest BCUT2D eigenvalue weighted by Crippen LogP contribution is 2.22. The summed E-state index contributed by atoms with van der Waals surface area (Å²) in [6, 6.07) is -0.146. The van der Waals surface area contributed by atoms with Gasteiger partial charge in [0.15, 0.2) is 5.16 Å². The van der Waals surface area contributed by atoms with Crippen molar-refractivity contribution in [2.45, 2.75) is 50.9 Å². The molecule has 0 aromatic carbocycles. The number of carbonyl (C=O) groups is 1. The number of hydrogen-bond donors (Lipinski definition) is 2. The molecule has 0 bridgehead atoms. The summed E-state index contributed by atoms with van der Waals surface area (Å²) >= 11 is 1.40. The van der Waals surface area contributed by atoms with Crippen molar-refractivity contribution in [3.63, 3.8) is 0 Å². The van der Waals surface area contributed by atoms with Crippen molar-refractivity contribution in [2.75, 3.05) is 5.75 Å². The summed E-state index contributed by atoms with van der Waals surface area (Å²) in [6.45, 7) is 5.89. The molecule has 1 heterocycles. The SMILES string of the molecule is Cc1nc(SCC(NC2CC2)C(=O)O)nc(C)c1C. The maximum absolute atomic E-state index is 11.2. The molecule has 0 spiro atoms. The number of hydrogen-bond acceptors (Lipinski definition) is 5. The Kier molecular flexibility index (Phi) is 4.42. The van der Waals surface area contributed by atoms with Gasteiger partial charge in [0.1, 0.15) is 6.04 Å². The van der Waals surface area contributed by atoms with Crippen LogP contribution in [0.3, 0.4) is 0 Å². The number of nitrogens with zero attached hydrogens (tertiary/aromatic N) is 2. The Morgan fingerprint density at radius 2 is 1.95 bits per heavy atom. The summed E-state index contributed by atoms with van der Waals surface area (Å²) in [4.78, 5) is 19.9. The van der Waals surface area contributed by atoms with Crippen molar-refractivity contribution in [3.8, 4) is 0 Å². The zero-order valence-corrected chi connectivity index (χ0v) is 12.3. The van der Waals surface area contributed by atoms with E-state index in [0.29, 0.717) is 17.0 Å².